The fraction of sp³-hybridized carbons (Fsp3) is 0.667. The first-order valence-electron chi connectivity index (χ1n) is 4.75. The van der Waals surface area contributed by atoms with Crippen molar-refractivity contribution in [2.75, 3.05) is 6.54 Å². The maximum atomic E-state index is 11.2. The van der Waals surface area contributed by atoms with E-state index in [9.17, 15) is 14.4 Å². The van der Waals surface area contributed by atoms with Gasteiger partial charge in [-0.3, -0.25) is 14.4 Å². The van der Waals surface area contributed by atoms with Gasteiger partial charge < -0.3 is 16.2 Å². The van der Waals surface area contributed by atoms with Crippen LogP contribution in [0.4, 0.5) is 0 Å². The van der Waals surface area contributed by atoms with Gasteiger partial charge in [-0.2, -0.15) is 0 Å². The van der Waals surface area contributed by atoms with Crippen LogP contribution in [-0.4, -0.2) is 35.4 Å². The van der Waals surface area contributed by atoms with Gasteiger partial charge in [0.2, 0.25) is 5.91 Å². The van der Waals surface area contributed by atoms with Crippen LogP contribution in [-0.2, 0) is 14.4 Å². The van der Waals surface area contributed by atoms with E-state index in [1.165, 1.54) is 0 Å². The summed E-state index contributed by atoms with van der Waals surface area (Å²) in [6.07, 6.45) is -0.0899. The summed E-state index contributed by atoms with van der Waals surface area (Å²) in [5.74, 6) is -1.66. The van der Waals surface area contributed by atoms with E-state index in [0.717, 1.165) is 0 Å². The maximum Gasteiger partial charge on any atom is 0.303 e. The number of hydrogen-bond acceptors (Lipinski definition) is 4. The standard InChI is InChI=1S/C9H16N2O4/c1-2-7(12)6(5-10)11-8(13)3-4-9(14)15/h6H,2-5,10H2,1H3,(H,11,13)(H,14,15). The normalized spacial score (nSPS) is 11.9. The average molecular weight is 216 g/mol. The molecule has 0 saturated heterocycles. The third-order valence-corrected chi connectivity index (χ3v) is 1.87. The predicted molar refractivity (Wildman–Crippen MR) is 53.2 cm³/mol. The number of carboxylic acid groups (broad SMARTS) is 1. The van der Waals surface area contributed by atoms with Gasteiger partial charge in [0.25, 0.3) is 0 Å². The number of nitrogens with two attached hydrogens (primary N) is 1. The topological polar surface area (TPSA) is 109 Å². The molecule has 0 aromatic carbocycles. The first kappa shape index (κ1) is 13.6. The second kappa shape index (κ2) is 6.94. The van der Waals surface area contributed by atoms with Crippen LogP contribution >= 0.6 is 0 Å². The molecule has 1 amide bonds. The van der Waals surface area contributed by atoms with Gasteiger partial charge in [-0.1, -0.05) is 6.92 Å². The maximum absolute atomic E-state index is 11.2. The number of amides is 1. The highest BCUT2D eigenvalue weighted by atomic mass is 16.4. The van der Waals surface area contributed by atoms with E-state index in [1.807, 2.05) is 0 Å². The molecule has 1 atom stereocenters. The molecule has 15 heavy (non-hydrogen) atoms. The number of carboxylic acids is 1. The Morgan fingerprint density at radius 3 is 2.33 bits per heavy atom. The molecule has 0 radical (unpaired) electrons. The number of carbonyl (C=O) groups excluding carboxylic acids is 2. The Morgan fingerprint density at radius 1 is 1.33 bits per heavy atom. The molecule has 0 aliphatic rings. The molecule has 0 saturated carbocycles. The number of hydrogen-bond donors (Lipinski definition) is 3. The molecule has 0 aromatic rings. The minimum Gasteiger partial charge on any atom is -0.481 e. The lowest BCUT2D eigenvalue weighted by Crippen LogP contribution is -2.45. The summed E-state index contributed by atoms with van der Waals surface area (Å²) in [7, 11) is 0. The number of Topliss-reactive ketones (excluding diaryl/α,β-unsaturated/α-hetero) is 1. The van der Waals surface area contributed by atoms with Gasteiger partial charge >= 0.3 is 5.97 Å². The molecular formula is C9H16N2O4. The molecule has 0 bridgehead atoms. The lowest BCUT2D eigenvalue weighted by Gasteiger charge is -2.14. The number of rotatable bonds is 7. The summed E-state index contributed by atoms with van der Waals surface area (Å²) in [5, 5.41) is 10.7. The van der Waals surface area contributed by atoms with E-state index in [-0.39, 0.29) is 25.2 Å². The second-order valence-electron chi connectivity index (χ2n) is 3.07. The van der Waals surface area contributed by atoms with Gasteiger partial charge in [-0.05, 0) is 0 Å². The highest BCUT2D eigenvalue weighted by Gasteiger charge is 2.17. The zero-order valence-corrected chi connectivity index (χ0v) is 8.66. The van der Waals surface area contributed by atoms with Crippen LogP contribution in [0.1, 0.15) is 26.2 Å². The van der Waals surface area contributed by atoms with E-state index in [0.29, 0.717) is 6.42 Å². The Morgan fingerprint density at radius 2 is 1.93 bits per heavy atom. The zero-order chi connectivity index (χ0) is 11.8. The fourth-order valence-electron chi connectivity index (χ4n) is 1.00. The average Bonchev–Trinajstić information content (AvgIpc) is 2.21. The van der Waals surface area contributed by atoms with Crippen molar-refractivity contribution in [1.82, 2.24) is 5.32 Å². The van der Waals surface area contributed by atoms with E-state index < -0.39 is 17.9 Å². The summed E-state index contributed by atoms with van der Waals surface area (Å²) < 4.78 is 0. The van der Waals surface area contributed by atoms with Crippen LogP contribution in [0, 0.1) is 0 Å². The van der Waals surface area contributed by atoms with Crippen LogP contribution in [0.2, 0.25) is 0 Å². The zero-order valence-electron chi connectivity index (χ0n) is 8.66. The number of nitrogens with one attached hydrogen (secondary N) is 1. The lowest BCUT2D eigenvalue weighted by molar-refractivity contribution is -0.139. The largest absolute Gasteiger partial charge is 0.481 e. The van der Waals surface area contributed by atoms with E-state index in [1.54, 1.807) is 6.92 Å². The molecule has 6 nitrogen and oxygen atoms in total. The Kier molecular flexibility index (Phi) is 6.28. The molecule has 0 spiro atoms. The van der Waals surface area contributed by atoms with Crippen molar-refractivity contribution in [3.05, 3.63) is 0 Å². The third kappa shape index (κ3) is 5.79. The molecular weight excluding hydrogens is 200 g/mol. The van der Waals surface area contributed by atoms with Crippen molar-refractivity contribution in [1.29, 1.82) is 0 Å². The van der Waals surface area contributed by atoms with Gasteiger partial charge in [0.1, 0.15) is 0 Å². The van der Waals surface area contributed by atoms with Crippen LogP contribution in [0.3, 0.4) is 0 Å². The van der Waals surface area contributed by atoms with Crippen LogP contribution < -0.4 is 11.1 Å². The number of aliphatic carboxylic acids is 1. The summed E-state index contributed by atoms with van der Waals surface area (Å²) in [4.78, 5) is 32.5. The smallest absolute Gasteiger partial charge is 0.303 e. The summed E-state index contributed by atoms with van der Waals surface area (Å²) in [6.45, 7) is 1.71. The summed E-state index contributed by atoms with van der Waals surface area (Å²) in [5.41, 5.74) is 5.30. The summed E-state index contributed by atoms with van der Waals surface area (Å²) in [6, 6.07) is -0.698. The molecule has 1 unspecified atom stereocenters. The molecule has 4 N–H and O–H groups in total. The van der Waals surface area contributed by atoms with Crippen molar-refractivity contribution in [3.63, 3.8) is 0 Å². The highest BCUT2D eigenvalue weighted by Crippen LogP contribution is 1.93. The third-order valence-electron chi connectivity index (χ3n) is 1.87. The molecule has 6 heteroatoms. The Balaban J connectivity index is 4.01. The van der Waals surface area contributed by atoms with Gasteiger partial charge in [0.15, 0.2) is 5.78 Å². The van der Waals surface area contributed by atoms with Crippen molar-refractivity contribution in [2.45, 2.75) is 32.2 Å². The van der Waals surface area contributed by atoms with Gasteiger partial charge in [0, 0.05) is 19.4 Å². The minimum atomic E-state index is -1.05. The van der Waals surface area contributed by atoms with Crippen LogP contribution in [0.15, 0.2) is 0 Å². The van der Waals surface area contributed by atoms with Crippen molar-refractivity contribution in [2.24, 2.45) is 5.73 Å². The first-order chi connectivity index (χ1) is 7.01. The monoisotopic (exact) mass is 216 g/mol. The van der Waals surface area contributed by atoms with E-state index in [4.69, 9.17) is 10.8 Å². The molecule has 0 aliphatic heterocycles. The minimum absolute atomic E-state index is 0.0332. The summed E-state index contributed by atoms with van der Waals surface area (Å²) >= 11 is 0. The SMILES string of the molecule is CCC(=O)C(CN)NC(=O)CCC(=O)O. The predicted octanol–water partition coefficient (Wildman–Crippen LogP) is -0.726. The molecule has 0 aromatic heterocycles. The lowest BCUT2D eigenvalue weighted by atomic mass is 10.1. The molecule has 0 fully saturated rings. The van der Waals surface area contributed by atoms with E-state index in [2.05, 4.69) is 5.32 Å². The van der Waals surface area contributed by atoms with Crippen molar-refractivity contribution in [3.8, 4) is 0 Å². The molecule has 86 valence electrons. The van der Waals surface area contributed by atoms with Crippen LogP contribution in [0.25, 0.3) is 0 Å². The van der Waals surface area contributed by atoms with E-state index >= 15 is 0 Å². The fourth-order valence-corrected chi connectivity index (χ4v) is 1.00. The quantitative estimate of drug-likeness (QED) is 0.520. The first-order valence-corrected chi connectivity index (χ1v) is 4.75. The number of ketones is 1. The molecule has 0 heterocycles. The van der Waals surface area contributed by atoms with Crippen LogP contribution in [0.5, 0.6) is 0 Å². The Hall–Kier alpha value is -1.43. The number of carbonyl (C=O) groups is 3. The molecule has 0 rings (SSSR count). The van der Waals surface area contributed by atoms with Gasteiger partial charge in [-0.25, -0.2) is 0 Å². The second-order valence-corrected chi connectivity index (χ2v) is 3.07. The highest BCUT2D eigenvalue weighted by molar-refractivity contribution is 5.89. The molecule has 0 aliphatic carbocycles. The Labute approximate surface area is 87.8 Å². The Bertz CT molecular complexity index is 252. The van der Waals surface area contributed by atoms with Gasteiger partial charge in [-0.15, -0.1) is 0 Å². The van der Waals surface area contributed by atoms with Crippen molar-refractivity contribution >= 4 is 17.7 Å². The van der Waals surface area contributed by atoms with Gasteiger partial charge in [0.05, 0.1) is 12.5 Å². The van der Waals surface area contributed by atoms with Crippen molar-refractivity contribution < 1.29 is 19.5 Å².